The van der Waals surface area contributed by atoms with Crippen LogP contribution in [0.3, 0.4) is 0 Å². The molecule has 6 rings (SSSR count). The second kappa shape index (κ2) is 12.6. The zero-order chi connectivity index (χ0) is 34.7. The van der Waals surface area contributed by atoms with E-state index in [0.29, 0.717) is 34.9 Å². The molecule has 1 aliphatic heterocycles. The highest BCUT2D eigenvalue weighted by atomic mass is 79.9. The Hall–Kier alpha value is -3.82. The number of amides is 2. The fourth-order valence-corrected chi connectivity index (χ4v) is 6.70. The Morgan fingerprint density at radius 2 is 1.79 bits per heavy atom. The summed E-state index contributed by atoms with van der Waals surface area (Å²) in [5, 5.41) is 4.62. The number of rotatable bonds is 8. The molecule has 2 amide bonds. The van der Waals surface area contributed by atoms with Crippen molar-refractivity contribution in [2.75, 3.05) is 13.8 Å². The zero-order valence-corrected chi connectivity index (χ0v) is 28.1. The molecule has 2 aromatic heterocycles. The van der Waals surface area contributed by atoms with Gasteiger partial charge in [-0.15, -0.1) is 0 Å². The maximum atomic E-state index is 14.3. The highest BCUT2D eigenvalue weighted by Crippen LogP contribution is 2.38. The van der Waals surface area contributed by atoms with Gasteiger partial charge in [-0.1, -0.05) is 15.9 Å². The van der Waals surface area contributed by atoms with E-state index in [2.05, 4.69) is 25.6 Å². The largest absolute Gasteiger partial charge is 0.471 e. The molecule has 2 N–H and O–H groups in total. The van der Waals surface area contributed by atoms with E-state index in [9.17, 15) is 32.1 Å². The number of alkyl halides is 3. The number of halogens is 4. The first kappa shape index (κ1) is 34.1. The second-order valence-electron chi connectivity index (χ2n) is 12.1. The molecule has 2 aromatic carbocycles. The molecular formula is C31H30BrF3N5O7P. The predicted molar refractivity (Wildman–Crippen MR) is 169 cm³/mol. The number of hydrogen-bond donors (Lipinski definition) is 2. The van der Waals surface area contributed by atoms with E-state index in [-0.39, 0.29) is 34.1 Å². The van der Waals surface area contributed by atoms with Gasteiger partial charge in [0.25, 0.3) is 17.4 Å². The summed E-state index contributed by atoms with van der Waals surface area (Å²) in [5.74, 6) is -0.740. The van der Waals surface area contributed by atoms with E-state index < -0.39 is 44.1 Å². The summed E-state index contributed by atoms with van der Waals surface area (Å²) in [5.41, 5.74) is 1.36. The molecule has 48 heavy (non-hydrogen) atoms. The first-order valence-electron chi connectivity index (χ1n) is 14.9. The van der Waals surface area contributed by atoms with Gasteiger partial charge >= 0.3 is 14.0 Å². The quantitative estimate of drug-likeness (QED) is 0.190. The third-order valence-corrected chi connectivity index (χ3v) is 9.71. The lowest BCUT2D eigenvalue weighted by atomic mass is 9.97. The molecule has 1 aliphatic carbocycles. The fraction of sp³-hybridized carbons (Fsp3) is 0.355. The Morgan fingerprint density at radius 1 is 1.12 bits per heavy atom. The van der Waals surface area contributed by atoms with Crippen molar-refractivity contribution in [3.63, 3.8) is 0 Å². The number of phosphoric ester groups is 1. The first-order chi connectivity index (χ1) is 22.5. The minimum absolute atomic E-state index is 0.0552. The van der Waals surface area contributed by atoms with Crippen LogP contribution in [0.1, 0.15) is 62.9 Å². The van der Waals surface area contributed by atoms with E-state index in [0.717, 1.165) is 29.4 Å². The van der Waals surface area contributed by atoms with Crippen molar-refractivity contribution in [1.82, 2.24) is 24.0 Å². The summed E-state index contributed by atoms with van der Waals surface area (Å²) in [7, 11) is -3.47. The van der Waals surface area contributed by atoms with E-state index in [1.54, 1.807) is 29.8 Å². The molecule has 254 valence electrons. The maximum absolute atomic E-state index is 14.3. The van der Waals surface area contributed by atoms with Crippen molar-refractivity contribution in [2.45, 2.75) is 51.4 Å². The van der Waals surface area contributed by atoms with Crippen LogP contribution in [0.25, 0.3) is 11.3 Å². The van der Waals surface area contributed by atoms with Crippen LogP contribution >= 0.6 is 23.8 Å². The maximum Gasteiger partial charge on any atom is 0.471 e. The summed E-state index contributed by atoms with van der Waals surface area (Å²) in [4.78, 5) is 61.1. The number of phosphoric acid groups is 1. The third-order valence-electron chi connectivity index (χ3n) is 8.57. The van der Waals surface area contributed by atoms with E-state index in [1.165, 1.54) is 40.8 Å². The number of fused-ring (bicyclic) bond motifs is 3. The van der Waals surface area contributed by atoms with Crippen molar-refractivity contribution >= 4 is 41.2 Å². The zero-order valence-electron chi connectivity index (χ0n) is 25.6. The highest BCUT2D eigenvalue weighted by Gasteiger charge is 2.37. The van der Waals surface area contributed by atoms with E-state index in [1.807, 2.05) is 0 Å². The van der Waals surface area contributed by atoms with Crippen LogP contribution in [-0.2, 0) is 34.7 Å². The molecule has 1 atom stereocenters. The molecular weight excluding hydrogens is 722 g/mol. The van der Waals surface area contributed by atoms with Crippen LogP contribution in [0, 0.1) is 5.92 Å². The molecule has 0 spiro atoms. The van der Waals surface area contributed by atoms with Crippen molar-refractivity contribution < 1.29 is 41.6 Å². The molecule has 0 saturated heterocycles. The van der Waals surface area contributed by atoms with Crippen LogP contribution in [0.15, 0.2) is 57.9 Å². The highest BCUT2D eigenvalue weighted by molar-refractivity contribution is 9.10. The number of carbonyl (C=O) groups excluding carboxylic acids is 2. The van der Waals surface area contributed by atoms with Crippen LogP contribution in [0.5, 0.6) is 0 Å². The van der Waals surface area contributed by atoms with Gasteiger partial charge in [0.1, 0.15) is 12.4 Å². The minimum atomic E-state index is -4.79. The monoisotopic (exact) mass is 751 g/mol. The predicted octanol–water partition coefficient (Wildman–Crippen LogP) is 4.94. The van der Waals surface area contributed by atoms with Crippen molar-refractivity contribution in [1.29, 1.82) is 0 Å². The van der Waals surface area contributed by atoms with Crippen LogP contribution in [0.4, 0.5) is 13.2 Å². The van der Waals surface area contributed by atoms with Crippen molar-refractivity contribution in [3.05, 3.63) is 97.0 Å². The van der Waals surface area contributed by atoms with Gasteiger partial charge in [-0.05, 0) is 81.0 Å². The van der Waals surface area contributed by atoms with Gasteiger partial charge < -0.3 is 19.6 Å². The summed E-state index contributed by atoms with van der Waals surface area (Å²) in [6.45, 7) is 1.03. The topological polar surface area (TPSA) is 147 Å². The third kappa shape index (κ3) is 6.72. The first-order valence-corrected chi connectivity index (χ1v) is 17.2. The number of hydrogen-bond acceptors (Lipinski definition) is 6. The van der Waals surface area contributed by atoms with Crippen LogP contribution < -0.4 is 5.56 Å². The lowest BCUT2D eigenvalue weighted by Gasteiger charge is -2.35. The molecule has 0 bridgehead atoms. The van der Waals surface area contributed by atoms with Gasteiger partial charge in [-0.2, -0.15) is 18.3 Å². The smallest absolute Gasteiger partial charge is 0.330 e. The molecule has 4 aromatic rings. The normalized spacial score (nSPS) is 16.7. The summed E-state index contributed by atoms with van der Waals surface area (Å²) >= 11 is 2.92. The van der Waals surface area contributed by atoms with Gasteiger partial charge in [0.05, 0.1) is 29.7 Å². The molecule has 1 saturated carbocycles. The van der Waals surface area contributed by atoms with Crippen molar-refractivity contribution in [3.8, 4) is 5.69 Å². The number of benzene rings is 2. The Bertz CT molecular complexity index is 2040. The number of nitrogens with zero attached hydrogens (tertiary/aromatic N) is 5. The van der Waals surface area contributed by atoms with Crippen molar-refractivity contribution in [2.24, 2.45) is 5.92 Å². The molecule has 17 heteroatoms. The molecule has 1 fully saturated rings. The average Bonchev–Trinajstić information content (AvgIpc) is 3.76. The Morgan fingerprint density at radius 3 is 2.42 bits per heavy atom. The Balaban J connectivity index is 1.38. The second-order valence-corrected chi connectivity index (χ2v) is 14.2. The number of carbonyl (C=O) groups is 2. The summed E-state index contributed by atoms with van der Waals surface area (Å²) in [6, 6.07) is 8.95. The van der Waals surface area contributed by atoms with Gasteiger partial charge in [0, 0.05) is 39.8 Å². The lowest BCUT2D eigenvalue weighted by molar-refractivity contribution is -0.138. The van der Waals surface area contributed by atoms with Gasteiger partial charge in [-0.25, -0.2) is 9.08 Å². The molecule has 12 nitrogen and oxygen atoms in total. The van der Waals surface area contributed by atoms with Crippen LogP contribution in [-0.4, -0.2) is 65.4 Å². The average molecular weight is 752 g/mol. The SMILES string of the molecule is CC1Cc2c(n3ncc(CC4CC4)c3n(-c3ccc(C(=O)N(C)COP(=O)(O)O)cc3)c2=O)CN1C(=O)c1ccc(Br)c(C(F)(F)F)c1. The van der Waals surface area contributed by atoms with E-state index >= 15 is 0 Å². The summed E-state index contributed by atoms with van der Waals surface area (Å²) < 4.78 is 59.3. The van der Waals surface area contributed by atoms with Gasteiger partial charge in [0.2, 0.25) is 0 Å². The minimum Gasteiger partial charge on any atom is -0.330 e. The van der Waals surface area contributed by atoms with Crippen LogP contribution in [0.2, 0.25) is 0 Å². The number of aromatic nitrogens is 3. The molecule has 1 unspecified atom stereocenters. The lowest BCUT2D eigenvalue weighted by Crippen LogP contribution is -2.46. The van der Waals surface area contributed by atoms with Gasteiger partial charge in [-0.3, -0.25) is 23.5 Å². The standard InChI is InChI=1S/C31H30BrF3N5O7P/c1-17-11-23-26(15-38(17)29(42)20-7-10-25(32)24(13-20)31(33,34)35)40-27(21(14-36-40)12-18-3-4-18)39(30(23)43)22-8-5-19(6-9-22)28(41)37(2)16-47-48(44,45)46/h5-10,13-14,17-18H,3-4,11-12,15-16H2,1-2H3,(H2,44,45,46). The summed E-state index contributed by atoms with van der Waals surface area (Å²) in [6.07, 6.45) is -0.115. The molecule has 2 aliphatic rings. The fourth-order valence-electron chi connectivity index (χ4n) is 5.91. The Kier molecular flexibility index (Phi) is 8.92. The Labute approximate surface area is 280 Å². The molecule has 0 radical (unpaired) electrons. The van der Waals surface area contributed by atoms with Gasteiger partial charge in [0.15, 0.2) is 0 Å². The van der Waals surface area contributed by atoms with E-state index in [4.69, 9.17) is 9.79 Å². The molecule has 3 heterocycles.